The molecule has 0 saturated carbocycles. The second-order valence-corrected chi connectivity index (χ2v) is 6.44. The maximum Gasteiger partial charge on any atom is 0.268 e. The molecule has 5 nitrogen and oxygen atoms in total. The number of nitrogens with one attached hydrogen (secondary N) is 1. The van der Waals surface area contributed by atoms with Crippen molar-refractivity contribution in [2.24, 2.45) is 0 Å². The number of ether oxygens (including phenoxy) is 1. The zero-order chi connectivity index (χ0) is 16.9. The average Bonchev–Trinajstić information content (AvgIpc) is 2.91. The molecule has 1 N–H and O–H groups in total. The molecule has 0 unspecified atom stereocenters. The summed E-state index contributed by atoms with van der Waals surface area (Å²) in [7, 11) is 1.59. The zero-order valence-corrected chi connectivity index (χ0v) is 14.1. The molecule has 1 amide bonds. The molecule has 0 aliphatic carbocycles. The molecule has 1 aromatic heterocycles. The van der Waals surface area contributed by atoms with Crippen molar-refractivity contribution in [3.8, 4) is 5.75 Å². The van der Waals surface area contributed by atoms with Gasteiger partial charge in [0.1, 0.15) is 5.75 Å². The van der Waals surface area contributed by atoms with E-state index in [0.717, 1.165) is 10.1 Å². The van der Waals surface area contributed by atoms with E-state index in [0.29, 0.717) is 30.8 Å². The van der Waals surface area contributed by atoms with Gasteiger partial charge < -0.3 is 10.1 Å². The quantitative estimate of drug-likeness (QED) is 0.746. The van der Waals surface area contributed by atoms with Gasteiger partial charge in [-0.25, -0.2) is 0 Å². The number of nitrogens with zero attached hydrogens (tertiary/aromatic N) is 1. The van der Waals surface area contributed by atoms with Crippen molar-refractivity contribution < 1.29 is 9.53 Å². The highest BCUT2D eigenvalue weighted by Crippen LogP contribution is 2.18. The summed E-state index contributed by atoms with van der Waals surface area (Å²) in [4.78, 5) is 24.2. The summed E-state index contributed by atoms with van der Waals surface area (Å²) >= 11 is 1.44. The minimum absolute atomic E-state index is 0.0174. The Morgan fingerprint density at radius 2 is 2.04 bits per heavy atom. The van der Waals surface area contributed by atoms with E-state index in [1.807, 2.05) is 42.5 Å². The van der Waals surface area contributed by atoms with Crippen LogP contribution in [0.3, 0.4) is 0 Å². The molecule has 0 fully saturated rings. The average molecular weight is 342 g/mol. The zero-order valence-electron chi connectivity index (χ0n) is 13.3. The normalized spacial score (nSPS) is 10.7. The molecule has 6 heteroatoms. The lowest BCUT2D eigenvalue weighted by molar-refractivity contribution is -0.116. The Hall–Kier alpha value is -2.60. The van der Waals surface area contributed by atoms with Gasteiger partial charge in [0.05, 0.1) is 17.2 Å². The van der Waals surface area contributed by atoms with E-state index < -0.39 is 0 Å². The fourth-order valence-corrected chi connectivity index (χ4v) is 3.50. The van der Waals surface area contributed by atoms with Gasteiger partial charge in [0.25, 0.3) is 5.56 Å². The fraction of sp³-hybridized carbons (Fsp3) is 0.222. The van der Waals surface area contributed by atoms with Gasteiger partial charge in [0.15, 0.2) is 0 Å². The summed E-state index contributed by atoms with van der Waals surface area (Å²) in [6, 6.07) is 14.8. The highest BCUT2D eigenvalue weighted by molar-refractivity contribution is 7.13. The van der Waals surface area contributed by atoms with Gasteiger partial charge >= 0.3 is 0 Å². The first-order chi connectivity index (χ1) is 11.7. The number of aromatic nitrogens is 1. The molecule has 124 valence electrons. The molecular formula is C18H18N2O3S. The number of rotatable bonds is 6. The summed E-state index contributed by atoms with van der Waals surface area (Å²) in [5.74, 6) is 0.627. The van der Waals surface area contributed by atoms with Crippen LogP contribution in [-0.4, -0.2) is 17.0 Å². The van der Waals surface area contributed by atoms with Crippen molar-refractivity contribution in [1.82, 2.24) is 3.96 Å². The summed E-state index contributed by atoms with van der Waals surface area (Å²) in [6.07, 6.45) is 0.973. The number of benzene rings is 2. The van der Waals surface area contributed by atoms with Crippen LogP contribution in [0.1, 0.15) is 12.8 Å². The molecule has 24 heavy (non-hydrogen) atoms. The second-order valence-electron chi connectivity index (χ2n) is 5.38. The lowest BCUT2D eigenvalue weighted by atomic mass is 10.2. The first-order valence-corrected chi connectivity index (χ1v) is 8.47. The van der Waals surface area contributed by atoms with E-state index in [9.17, 15) is 9.59 Å². The summed E-state index contributed by atoms with van der Waals surface area (Å²) in [5, 5.41) is 3.58. The predicted molar refractivity (Wildman–Crippen MR) is 96.9 cm³/mol. The first-order valence-electron chi connectivity index (χ1n) is 7.70. The monoisotopic (exact) mass is 342 g/mol. The molecule has 2 aromatic carbocycles. The minimum atomic E-state index is -0.0718. The summed E-state index contributed by atoms with van der Waals surface area (Å²) in [5.41, 5.74) is 0.724. The number of hydrogen-bond acceptors (Lipinski definition) is 4. The van der Waals surface area contributed by atoms with Crippen LogP contribution in [0, 0.1) is 0 Å². The van der Waals surface area contributed by atoms with E-state index in [2.05, 4.69) is 5.32 Å². The number of carbonyl (C=O) groups is 1. The van der Waals surface area contributed by atoms with Crippen molar-refractivity contribution >= 4 is 33.2 Å². The molecule has 0 bridgehead atoms. The van der Waals surface area contributed by atoms with Crippen LogP contribution in [0.25, 0.3) is 10.1 Å². The van der Waals surface area contributed by atoms with Crippen LogP contribution in [-0.2, 0) is 11.3 Å². The Morgan fingerprint density at radius 3 is 2.83 bits per heavy atom. The lowest BCUT2D eigenvalue weighted by Gasteiger charge is -2.07. The molecule has 0 spiro atoms. The molecule has 0 aliphatic heterocycles. The van der Waals surface area contributed by atoms with Crippen molar-refractivity contribution in [3.63, 3.8) is 0 Å². The van der Waals surface area contributed by atoms with Gasteiger partial charge in [0, 0.05) is 24.7 Å². The van der Waals surface area contributed by atoms with E-state index >= 15 is 0 Å². The van der Waals surface area contributed by atoms with Crippen LogP contribution in [0.5, 0.6) is 5.75 Å². The second kappa shape index (κ2) is 7.31. The number of methoxy groups -OCH3 is 1. The van der Waals surface area contributed by atoms with Crippen molar-refractivity contribution in [2.75, 3.05) is 12.4 Å². The van der Waals surface area contributed by atoms with Gasteiger partial charge in [-0.2, -0.15) is 0 Å². The molecule has 0 aliphatic rings. The van der Waals surface area contributed by atoms with Crippen LogP contribution < -0.4 is 15.6 Å². The topological polar surface area (TPSA) is 60.3 Å². The molecule has 0 atom stereocenters. The van der Waals surface area contributed by atoms with Crippen molar-refractivity contribution in [2.45, 2.75) is 19.4 Å². The van der Waals surface area contributed by atoms with Crippen LogP contribution in [0.4, 0.5) is 5.69 Å². The Bertz CT molecular complexity index is 914. The van der Waals surface area contributed by atoms with Gasteiger partial charge in [-0.15, -0.1) is 0 Å². The molecule has 3 aromatic rings. The third-order valence-electron chi connectivity index (χ3n) is 3.67. The van der Waals surface area contributed by atoms with Gasteiger partial charge in [-0.1, -0.05) is 29.7 Å². The first kappa shape index (κ1) is 16.3. The Labute approximate surface area is 143 Å². The molecule has 1 heterocycles. The van der Waals surface area contributed by atoms with E-state index in [1.165, 1.54) is 11.5 Å². The number of fused-ring (bicyclic) bond motifs is 1. The maximum atomic E-state index is 12.2. The van der Waals surface area contributed by atoms with Crippen LogP contribution in [0.15, 0.2) is 53.3 Å². The molecular weight excluding hydrogens is 324 g/mol. The molecule has 0 radical (unpaired) electrons. The highest BCUT2D eigenvalue weighted by Gasteiger charge is 2.08. The third kappa shape index (κ3) is 3.65. The number of aryl methyl sites for hydroxylation is 1. The predicted octanol–water partition coefficient (Wildman–Crippen LogP) is 3.49. The third-order valence-corrected chi connectivity index (χ3v) is 4.79. The van der Waals surface area contributed by atoms with Gasteiger partial charge in [-0.3, -0.25) is 13.5 Å². The largest absolute Gasteiger partial charge is 0.497 e. The smallest absolute Gasteiger partial charge is 0.268 e. The van der Waals surface area contributed by atoms with E-state index in [-0.39, 0.29) is 11.5 Å². The van der Waals surface area contributed by atoms with E-state index in [4.69, 9.17) is 4.74 Å². The maximum absolute atomic E-state index is 12.2. The lowest BCUT2D eigenvalue weighted by Crippen LogP contribution is -2.16. The minimum Gasteiger partial charge on any atom is -0.497 e. The Balaban J connectivity index is 1.56. The van der Waals surface area contributed by atoms with E-state index in [1.54, 1.807) is 17.1 Å². The number of anilines is 1. The number of amides is 1. The van der Waals surface area contributed by atoms with Crippen LogP contribution in [0.2, 0.25) is 0 Å². The highest BCUT2D eigenvalue weighted by atomic mass is 32.1. The summed E-state index contributed by atoms with van der Waals surface area (Å²) < 4.78 is 7.82. The van der Waals surface area contributed by atoms with Gasteiger partial charge in [-0.05, 0) is 30.7 Å². The Kier molecular flexibility index (Phi) is 4.96. The SMILES string of the molecule is COc1cccc(NC(=O)CCCn2sc3ccccc3c2=O)c1. The molecule has 3 rings (SSSR count). The number of carbonyl (C=O) groups excluding carboxylic acids is 1. The Morgan fingerprint density at radius 1 is 1.21 bits per heavy atom. The van der Waals surface area contributed by atoms with Crippen molar-refractivity contribution in [3.05, 3.63) is 58.9 Å². The number of hydrogen-bond donors (Lipinski definition) is 1. The van der Waals surface area contributed by atoms with Gasteiger partial charge in [0.2, 0.25) is 5.91 Å². The van der Waals surface area contributed by atoms with Crippen molar-refractivity contribution in [1.29, 1.82) is 0 Å². The standard InChI is InChI=1S/C18H18N2O3S/c1-23-14-7-4-6-13(12-14)19-17(21)10-5-11-20-18(22)15-8-2-3-9-16(15)24-20/h2-4,6-9,12H,5,10-11H2,1H3,(H,19,21). The molecule has 0 saturated heterocycles. The van der Waals surface area contributed by atoms with Crippen LogP contribution >= 0.6 is 11.5 Å². The summed E-state index contributed by atoms with van der Waals surface area (Å²) in [6.45, 7) is 0.545. The fourth-order valence-electron chi connectivity index (χ4n) is 2.47.